The number of carbonyl (C=O) groups excluding carboxylic acids is 4. The first-order chi connectivity index (χ1) is 11.6. The summed E-state index contributed by atoms with van der Waals surface area (Å²) < 4.78 is 34.5. The second-order valence-corrected chi connectivity index (χ2v) is 7.24. The molecule has 4 bridgehead atoms. The van der Waals surface area contributed by atoms with E-state index in [1.807, 2.05) is 0 Å². The maximum Gasteiger partial charge on any atom is 0.344 e. The Kier molecular flexibility index (Phi) is 2.83. The zero-order chi connectivity index (χ0) is 18.1. The normalized spacial score (nSPS) is 26.7. The van der Waals surface area contributed by atoms with Gasteiger partial charge < -0.3 is 19.4 Å². The van der Waals surface area contributed by atoms with Crippen molar-refractivity contribution in [2.75, 3.05) is 0 Å². The lowest BCUT2D eigenvalue weighted by atomic mass is 9.95. The molecule has 0 radical (unpaired) electrons. The molecule has 0 spiro atoms. The van der Waals surface area contributed by atoms with Crippen LogP contribution in [0.15, 0.2) is 17.0 Å². The number of nitrogens with zero attached hydrogens (tertiary/aromatic N) is 1. The van der Waals surface area contributed by atoms with Gasteiger partial charge in [0.05, 0.1) is 12.8 Å². The zero-order valence-electron chi connectivity index (χ0n) is 12.0. The Hall–Kier alpha value is -2.99. The summed E-state index contributed by atoms with van der Waals surface area (Å²) in [6.45, 7) is 0. The molecule has 0 fully saturated rings. The van der Waals surface area contributed by atoms with Gasteiger partial charge in [-0.3, -0.25) is 9.59 Å². The highest BCUT2D eigenvalue weighted by atomic mass is 32.2. The van der Waals surface area contributed by atoms with Gasteiger partial charge in [0.15, 0.2) is 17.1 Å². The number of sulfonamides is 1. The van der Waals surface area contributed by atoms with Crippen LogP contribution < -0.4 is 9.47 Å². The lowest BCUT2D eigenvalue weighted by molar-refractivity contribution is -0.179. The van der Waals surface area contributed by atoms with Crippen LogP contribution in [-0.2, 0) is 29.2 Å². The number of ether oxygens (including phenoxy) is 2. The summed E-state index contributed by atoms with van der Waals surface area (Å²) in [5.74, 6) is -6.25. The first kappa shape index (κ1) is 15.5. The highest BCUT2D eigenvalue weighted by molar-refractivity contribution is 7.90. The van der Waals surface area contributed by atoms with Crippen molar-refractivity contribution in [2.24, 2.45) is 0 Å². The molecule has 3 aliphatic heterocycles. The minimum absolute atomic E-state index is 0.156. The number of hydrogen-bond acceptors (Lipinski definition) is 10. The fourth-order valence-corrected chi connectivity index (χ4v) is 4.03. The summed E-state index contributed by atoms with van der Waals surface area (Å²) in [7, 11) is -4.55. The van der Waals surface area contributed by atoms with E-state index in [1.54, 1.807) is 0 Å². The molecule has 0 saturated carbocycles. The Bertz CT molecular complexity index is 996. The largest absolute Gasteiger partial charge is 0.422 e. The molecule has 1 aromatic rings. The monoisotopic (exact) mass is 369 g/mol. The van der Waals surface area contributed by atoms with Gasteiger partial charge in [-0.05, 0) is 16.6 Å². The van der Waals surface area contributed by atoms with E-state index >= 15 is 0 Å². The van der Waals surface area contributed by atoms with Gasteiger partial charge in [-0.15, -0.1) is 0 Å². The van der Waals surface area contributed by atoms with Crippen molar-refractivity contribution >= 4 is 33.8 Å². The van der Waals surface area contributed by atoms with Gasteiger partial charge in [-0.2, -0.15) is 8.42 Å². The van der Waals surface area contributed by atoms with Gasteiger partial charge in [-0.25, -0.2) is 9.59 Å². The highest BCUT2D eigenvalue weighted by Crippen LogP contribution is 2.44. The maximum atomic E-state index is 12.4. The third-order valence-corrected chi connectivity index (χ3v) is 5.39. The van der Waals surface area contributed by atoms with Crippen LogP contribution in [0.25, 0.3) is 0 Å². The maximum absolute atomic E-state index is 12.4. The van der Waals surface area contributed by atoms with Crippen LogP contribution in [0.3, 0.4) is 0 Å². The molecule has 12 heteroatoms. The summed E-state index contributed by atoms with van der Waals surface area (Å²) in [5.41, 5.74) is -3.28. The van der Waals surface area contributed by atoms with Crippen molar-refractivity contribution in [3.63, 3.8) is 0 Å². The molecule has 1 atom stereocenters. The molecule has 1 unspecified atom stereocenters. The van der Waals surface area contributed by atoms with Gasteiger partial charge >= 0.3 is 23.8 Å². The average molecular weight is 369 g/mol. The van der Waals surface area contributed by atoms with E-state index in [9.17, 15) is 32.7 Å². The summed E-state index contributed by atoms with van der Waals surface area (Å²) in [6, 6.07) is 1.96. The van der Waals surface area contributed by atoms with Crippen LogP contribution in [0.2, 0.25) is 0 Å². The number of aliphatic hydroxyl groups is 1. The van der Waals surface area contributed by atoms with Crippen molar-refractivity contribution in [2.45, 2.75) is 23.3 Å². The fraction of sp³-hybridized carbons (Fsp3) is 0.231. The van der Waals surface area contributed by atoms with Gasteiger partial charge in [0.1, 0.15) is 10.5 Å². The Morgan fingerprint density at radius 3 is 2.44 bits per heavy atom. The van der Waals surface area contributed by atoms with Crippen LogP contribution >= 0.6 is 0 Å². The quantitative estimate of drug-likeness (QED) is 0.428. The van der Waals surface area contributed by atoms with Gasteiger partial charge in [0.25, 0.3) is 10.0 Å². The number of rotatable bonds is 0. The van der Waals surface area contributed by atoms with E-state index < -0.39 is 68.5 Å². The van der Waals surface area contributed by atoms with Crippen LogP contribution in [0.5, 0.6) is 11.5 Å². The van der Waals surface area contributed by atoms with E-state index in [2.05, 4.69) is 4.84 Å². The molecule has 3 heterocycles. The number of amides is 1. The summed E-state index contributed by atoms with van der Waals surface area (Å²) >= 11 is 0. The van der Waals surface area contributed by atoms with Crippen molar-refractivity contribution in [1.82, 2.24) is 4.47 Å². The molecule has 1 N–H and O–H groups in total. The van der Waals surface area contributed by atoms with Gasteiger partial charge in [0, 0.05) is 0 Å². The molecular formula is C13H7NO10S. The molecule has 4 rings (SSSR count). The highest BCUT2D eigenvalue weighted by Gasteiger charge is 2.53. The number of fused-ring (bicyclic) bond motifs is 3. The number of esters is 2. The Labute approximate surface area is 138 Å². The molecule has 25 heavy (non-hydrogen) atoms. The number of carbonyl (C=O) groups is 4. The van der Waals surface area contributed by atoms with E-state index in [0.29, 0.717) is 0 Å². The third-order valence-electron chi connectivity index (χ3n) is 3.82. The topological polar surface area (TPSA) is 154 Å². The fourth-order valence-electron chi connectivity index (χ4n) is 2.68. The third kappa shape index (κ3) is 1.97. The van der Waals surface area contributed by atoms with Crippen LogP contribution in [0, 0.1) is 0 Å². The van der Waals surface area contributed by atoms with Gasteiger partial charge in [-0.1, -0.05) is 0 Å². The van der Waals surface area contributed by atoms with E-state index in [-0.39, 0.29) is 10.2 Å². The average Bonchev–Trinajstić information content (AvgIpc) is 2.68. The zero-order valence-corrected chi connectivity index (χ0v) is 12.9. The number of hydroxylamine groups is 1. The lowest BCUT2D eigenvalue weighted by Crippen LogP contribution is -2.49. The smallest absolute Gasteiger partial charge is 0.344 e. The second-order valence-electron chi connectivity index (χ2n) is 5.52. The van der Waals surface area contributed by atoms with Crippen molar-refractivity contribution < 1.29 is 47.0 Å². The minimum atomic E-state index is -4.55. The SMILES string of the molecule is O=C1CC2(O)CC(=O)ON3C(=O)c4c(ccc(c4OC2=O)O1)S3(=O)=O. The second kappa shape index (κ2) is 4.55. The van der Waals surface area contributed by atoms with Crippen LogP contribution in [0.4, 0.5) is 0 Å². The molecule has 1 amide bonds. The van der Waals surface area contributed by atoms with Crippen LogP contribution in [0.1, 0.15) is 23.2 Å². The van der Waals surface area contributed by atoms with E-state index in [0.717, 1.165) is 12.1 Å². The predicted molar refractivity (Wildman–Crippen MR) is 71.3 cm³/mol. The van der Waals surface area contributed by atoms with Crippen molar-refractivity contribution in [3.8, 4) is 11.5 Å². The molecule has 11 nitrogen and oxygen atoms in total. The minimum Gasteiger partial charge on any atom is -0.422 e. The van der Waals surface area contributed by atoms with Crippen molar-refractivity contribution in [3.05, 3.63) is 17.7 Å². The number of benzene rings is 1. The molecule has 0 saturated heterocycles. The molecule has 1 aromatic carbocycles. The molecule has 3 aliphatic rings. The van der Waals surface area contributed by atoms with Gasteiger partial charge in [0.2, 0.25) is 0 Å². The predicted octanol–water partition coefficient (Wildman–Crippen LogP) is -1.36. The van der Waals surface area contributed by atoms with E-state index in [4.69, 9.17) is 9.47 Å². The van der Waals surface area contributed by atoms with Crippen molar-refractivity contribution in [1.29, 1.82) is 0 Å². The van der Waals surface area contributed by atoms with E-state index in [1.165, 1.54) is 0 Å². The Morgan fingerprint density at radius 2 is 1.72 bits per heavy atom. The first-order valence-corrected chi connectivity index (χ1v) is 8.20. The molecule has 130 valence electrons. The molecule has 0 aromatic heterocycles. The number of hydrogen-bond donors (Lipinski definition) is 1. The Morgan fingerprint density at radius 1 is 1.04 bits per heavy atom. The lowest BCUT2D eigenvalue weighted by Gasteiger charge is -2.28. The summed E-state index contributed by atoms with van der Waals surface area (Å²) in [5, 5.41) is 10.3. The molecule has 0 aliphatic carbocycles. The standard InChI is InChI=1S/C13H7NO10S/c15-7-3-13(19)4-8(16)24-14-11(17)9-6(25(14,20)21)2-1-5(22-7)10(9)23-12(13)18/h1-2,19H,3-4H2. The molecular weight excluding hydrogens is 362 g/mol. The Balaban J connectivity index is 2.08. The first-order valence-electron chi connectivity index (χ1n) is 6.76. The summed E-state index contributed by atoms with van der Waals surface area (Å²) in [6.07, 6.45) is -2.06. The summed E-state index contributed by atoms with van der Waals surface area (Å²) in [4.78, 5) is 52.4. The van der Waals surface area contributed by atoms with Crippen LogP contribution in [-0.4, -0.2) is 47.4 Å².